The van der Waals surface area contributed by atoms with Gasteiger partial charge in [-0.1, -0.05) is 42.1 Å². The molecule has 1 saturated carbocycles. The van der Waals surface area contributed by atoms with Crippen LogP contribution in [0, 0.1) is 13.8 Å². The second-order valence-electron chi connectivity index (χ2n) is 5.90. The van der Waals surface area contributed by atoms with Gasteiger partial charge in [0.15, 0.2) is 5.84 Å². The van der Waals surface area contributed by atoms with Gasteiger partial charge < -0.3 is 16.3 Å². The lowest BCUT2D eigenvalue weighted by Crippen LogP contribution is -2.58. The number of hydrogen-bond donors (Lipinski definition) is 3. The molecule has 0 bridgehead atoms. The summed E-state index contributed by atoms with van der Waals surface area (Å²) in [7, 11) is 0. The van der Waals surface area contributed by atoms with Crippen molar-refractivity contribution in [2.45, 2.75) is 51.5 Å². The number of rotatable bonds is 3. The molecule has 5 heteroatoms. The molecule has 0 spiro atoms. The Kier molecular flexibility index (Phi) is 4.50. The fourth-order valence-electron chi connectivity index (χ4n) is 2.96. The lowest BCUT2D eigenvalue weighted by molar-refractivity contribution is 0.0905. The Bertz CT molecular complexity index is 561. The Morgan fingerprint density at radius 2 is 1.95 bits per heavy atom. The van der Waals surface area contributed by atoms with E-state index in [9.17, 15) is 4.79 Å². The highest BCUT2D eigenvalue weighted by atomic mass is 16.4. The number of amides is 1. The van der Waals surface area contributed by atoms with Crippen LogP contribution in [0.4, 0.5) is 0 Å². The van der Waals surface area contributed by atoms with E-state index >= 15 is 0 Å². The number of hydrogen-bond acceptors (Lipinski definition) is 3. The number of carbonyl (C=O) groups is 1. The molecule has 1 fully saturated rings. The van der Waals surface area contributed by atoms with Crippen molar-refractivity contribution in [3.8, 4) is 0 Å². The minimum absolute atomic E-state index is 0.0980. The Hall–Kier alpha value is -2.04. The lowest BCUT2D eigenvalue weighted by Gasteiger charge is -2.36. The Morgan fingerprint density at radius 1 is 1.29 bits per heavy atom. The summed E-state index contributed by atoms with van der Waals surface area (Å²) in [4.78, 5) is 12.6. The minimum atomic E-state index is -0.722. The van der Waals surface area contributed by atoms with E-state index in [4.69, 9.17) is 10.9 Å². The van der Waals surface area contributed by atoms with Crippen LogP contribution in [0.15, 0.2) is 23.4 Å². The third-order valence-corrected chi connectivity index (χ3v) is 4.30. The van der Waals surface area contributed by atoms with Crippen LogP contribution in [-0.4, -0.2) is 22.5 Å². The van der Waals surface area contributed by atoms with E-state index in [-0.39, 0.29) is 11.7 Å². The SMILES string of the molecule is Cc1ccc(C)c(C(=O)NC2(/C(N)=N/O)CCCCC2)c1. The topological polar surface area (TPSA) is 87.7 Å². The molecule has 0 aliphatic heterocycles. The second-order valence-corrected chi connectivity index (χ2v) is 5.90. The van der Waals surface area contributed by atoms with Gasteiger partial charge in [-0.2, -0.15) is 0 Å². The van der Waals surface area contributed by atoms with Gasteiger partial charge in [-0.25, -0.2) is 0 Å². The number of carbonyl (C=O) groups excluding carboxylic acids is 1. The highest BCUT2D eigenvalue weighted by Crippen LogP contribution is 2.29. The summed E-state index contributed by atoms with van der Waals surface area (Å²) in [6.45, 7) is 3.86. The highest BCUT2D eigenvalue weighted by Gasteiger charge is 2.38. The molecule has 114 valence electrons. The molecule has 1 aliphatic carbocycles. The maximum atomic E-state index is 12.6. The Labute approximate surface area is 125 Å². The predicted octanol–water partition coefficient (Wildman–Crippen LogP) is 2.48. The molecule has 1 aromatic rings. The summed E-state index contributed by atoms with van der Waals surface area (Å²) < 4.78 is 0. The lowest BCUT2D eigenvalue weighted by atomic mass is 9.80. The Morgan fingerprint density at radius 3 is 2.57 bits per heavy atom. The van der Waals surface area contributed by atoms with Gasteiger partial charge in [0.1, 0.15) is 5.54 Å². The number of oxime groups is 1. The zero-order valence-corrected chi connectivity index (χ0v) is 12.6. The zero-order valence-electron chi connectivity index (χ0n) is 12.6. The zero-order chi connectivity index (χ0) is 15.5. The van der Waals surface area contributed by atoms with Crippen molar-refractivity contribution in [3.05, 3.63) is 34.9 Å². The molecule has 0 unspecified atom stereocenters. The van der Waals surface area contributed by atoms with Crippen LogP contribution in [0.1, 0.15) is 53.6 Å². The predicted molar refractivity (Wildman–Crippen MR) is 82.6 cm³/mol. The summed E-state index contributed by atoms with van der Waals surface area (Å²) in [6, 6.07) is 5.78. The standard InChI is InChI=1S/C16H23N3O2/c1-11-6-7-12(2)13(10-11)14(20)18-16(15(17)19-21)8-4-3-5-9-16/h6-7,10,21H,3-5,8-9H2,1-2H3,(H2,17,19)(H,18,20). The van der Waals surface area contributed by atoms with E-state index < -0.39 is 5.54 Å². The smallest absolute Gasteiger partial charge is 0.252 e. The van der Waals surface area contributed by atoms with Crippen molar-refractivity contribution < 1.29 is 10.0 Å². The van der Waals surface area contributed by atoms with Gasteiger partial charge in [-0.3, -0.25) is 4.79 Å². The quantitative estimate of drug-likeness (QED) is 0.346. The number of nitrogens with one attached hydrogen (secondary N) is 1. The molecule has 1 amide bonds. The number of aryl methyl sites for hydroxylation is 2. The Balaban J connectivity index is 2.28. The van der Waals surface area contributed by atoms with Crippen molar-refractivity contribution in [1.29, 1.82) is 0 Å². The fraction of sp³-hybridized carbons (Fsp3) is 0.500. The molecule has 21 heavy (non-hydrogen) atoms. The maximum absolute atomic E-state index is 12.6. The number of nitrogens with zero attached hydrogens (tertiary/aromatic N) is 1. The average Bonchev–Trinajstić information content (AvgIpc) is 2.49. The van der Waals surface area contributed by atoms with Crippen LogP contribution >= 0.6 is 0 Å². The third kappa shape index (κ3) is 3.17. The summed E-state index contributed by atoms with van der Waals surface area (Å²) in [5.41, 5.74) is 7.74. The molecule has 5 nitrogen and oxygen atoms in total. The van der Waals surface area contributed by atoms with E-state index in [2.05, 4.69) is 10.5 Å². The molecule has 1 aliphatic rings. The normalized spacial score (nSPS) is 18.3. The monoisotopic (exact) mass is 289 g/mol. The molecule has 0 atom stereocenters. The average molecular weight is 289 g/mol. The van der Waals surface area contributed by atoms with Crippen LogP contribution in [0.2, 0.25) is 0 Å². The molecule has 0 radical (unpaired) electrons. The largest absolute Gasteiger partial charge is 0.409 e. The fourth-order valence-corrected chi connectivity index (χ4v) is 2.96. The van der Waals surface area contributed by atoms with Gasteiger partial charge in [-0.15, -0.1) is 0 Å². The molecule has 0 heterocycles. The summed E-state index contributed by atoms with van der Waals surface area (Å²) >= 11 is 0. The van der Waals surface area contributed by atoms with Gasteiger partial charge >= 0.3 is 0 Å². The van der Waals surface area contributed by atoms with Crippen LogP contribution in [0.3, 0.4) is 0 Å². The summed E-state index contributed by atoms with van der Waals surface area (Å²) in [6.07, 6.45) is 4.45. The molecule has 0 saturated heterocycles. The highest BCUT2D eigenvalue weighted by molar-refractivity contribution is 6.01. The van der Waals surface area contributed by atoms with Crippen molar-refractivity contribution in [2.24, 2.45) is 10.9 Å². The van der Waals surface area contributed by atoms with Crippen LogP contribution in [0.5, 0.6) is 0 Å². The van der Waals surface area contributed by atoms with E-state index in [1.807, 2.05) is 32.0 Å². The first-order valence-corrected chi connectivity index (χ1v) is 7.36. The molecule has 4 N–H and O–H groups in total. The van der Waals surface area contributed by atoms with Gasteiger partial charge in [0.2, 0.25) is 0 Å². The van der Waals surface area contributed by atoms with Crippen LogP contribution in [0.25, 0.3) is 0 Å². The van der Waals surface area contributed by atoms with E-state index in [0.29, 0.717) is 18.4 Å². The van der Waals surface area contributed by atoms with Crippen molar-refractivity contribution in [3.63, 3.8) is 0 Å². The molecular formula is C16H23N3O2. The van der Waals surface area contributed by atoms with Crippen molar-refractivity contribution in [2.75, 3.05) is 0 Å². The van der Waals surface area contributed by atoms with Crippen LogP contribution < -0.4 is 11.1 Å². The molecule has 0 aromatic heterocycles. The maximum Gasteiger partial charge on any atom is 0.252 e. The molecular weight excluding hydrogens is 266 g/mol. The van der Waals surface area contributed by atoms with E-state index in [0.717, 1.165) is 30.4 Å². The van der Waals surface area contributed by atoms with Crippen molar-refractivity contribution >= 4 is 11.7 Å². The minimum Gasteiger partial charge on any atom is -0.409 e. The first kappa shape index (κ1) is 15.4. The molecule has 2 rings (SSSR count). The van der Waals surface area contributed by atoms with Gasteiger partial charge in [-0.05, 0) is 38.3 Å². The van der Waals surface area contributed by atoms with Crippen LogP contribution in [-0.2, 0) is 0 Å². The number of nitrogens with two attached hydrogens (primary N) is 1. The van der Waals surface area contributed by atoms with E-state index in [1.54, 1.807) is 0 Å². The van der Waals surface area contributed by atoms with E-state index in [1.165, 1.54) is 0 Å². The summed E-state index contributed by atoms with van der Waals surface area (Å²) in [5.74, 6) is -0.0643. The third-order valence-electron chi connectivity index (χ3n) is 4.30. The van der Waals surface area contributed by atoms with Crippen molar-refractivity contribution in [1.82, 2.24) is 5.32 Å². The van der Waals surface area contributed by atoms with Gasteiger partial charge in [0.25, 0.3) is 5.91 Å². The number of benzene rings is 1. The van der Waals surface area contributed by atoms with Gasteiger partial charge in [0.05, 0.1) is 0 Å². The number of amidine groups is 1. The molecule has 1 aromatic carbocycles. The summed E-state index contributed by atoms with van der Waals surface area (Å²) in [5, 5.41) is 15.2. The second kappa shape index (κ2) is 6.16. The first-order valence-electron chi connectivity index (χ1n) is 7.36. The van der Waals surface area contributed by atoms with Gasteiger partial charge in [0, 0.05) is 5.56 Å². The first-order chi connectivity index (χ1) is 9.98.